The van der Waals surface area contributed by atoms with Gasteiger partial charge in [0.05, 0.1) is 16.3 Å². The number of aromatic nitrogens is 1. The zero-order valence-corrected chi connectivity index (χ0v) is 8.25. The van der Waals surface area contributed by atoms with Gasteiger partial charge in [0.1, 0.15) is 17.9 Å². The molecule has 0 saturated carbocycles. The molecule has 5 nitrogen and oxygen atoms in total. The molecule has 2 rings (SSSR count). The molecule has 14 heavy (non-hydrogen) atoms. The number of hydrogen-bond acceptors (Lipinski definition) is 5. The van der Waals surface area contributed by atoms with E-state index in [-0.39, 0.29) is 13.2 Å². The third-order valence-corrected chi connectivity index (χ3v) is 2.70. The molecule has 0 atom stereocenters. The van der Waals surface area contributed by atoms with E-state index in [2.05, 4.69) is 0 Å². The molecule has 76 valence electrons. The number of fused-ring (bicyclic) bond motifs is 1. The normalized spacial score (nSPS) is 10.9. The Bertz CT molecular complexity index is 449. The lowest BCUT2D eigenvalue weighted by Crippen LogP contribution is -2.16. The van der Waals surface area contributed by atoms with Gasteiger partial charge in [-0.1, -0.05) is 0 Å². The SMILES string of the molecule is Nc1cc2c(cc(N)n2OCCO)s1. The molecule has 6 heteroatoms. The van der Waals surface area contributed by atoms with Crippen LogP contribution in [0.25, 0.3) is 10.2 Å². The first kappa shape index (κ1) is 9.17. The number of thiophene rings is 1. The standard InChI is InChI=1S/C8H11N3O2S/c9-7-4-6-5(3-8(10)14-6)11(7)13-2-1-12/h3-4,12H,1-2,9-10H2. The van der Waals surface area contributed by atoms with Crippen LogP contribution < -0.4 is 16.3 Å². The van der Waals surface area contributed by atoms with Crippen molar-refractivity contribution >= 4 is 32.4 Å². The van der Waals surface area contributed by atoms with Gasteiger partial charge < -0.3 is 21.4 Å². The molecule has 2 aromatic rings. The molecule has 5 N–H and O–H groups in total. The quantitative estimate of drug-likeness (QED) is 0.684. The van der Waals surface area contributed by atoms with Crippen LogP contribution in [0.3, 0.4) is 0 Å². The van der Waals surface area contributed by atoms with Crippen molar-refractivity contribution in [2.24, 2.45) is 0 Å². The predicted molar refractivity (Wildman–Crippen MR) is 57.2 cm³/mol. The Balaban J connectivity index is 2.43. The molecule has 0 aliphatic heterocycles. The third-order valence-electron chi connectivity index (χ3n) is 1.80. The van der Waals surface area contributed by atoms with Crippen molar-refractivity contribution in [3.05, 3.63) is 12.1 Å². The molecular formula is C8H11N3O2S. The summed E-state index contributed by atoms with van der Waals surface area (Å²) in [6.45, 7) is 0.169. The molecule has 0 aliphatic carbocycles. The van der Waals surface area contributed by atoms with E-state index in [1.165, 1.54) is 16.1 Å². The minimum absolute atomic E-state index is 0.0429. The Kier molecular flexibility index (Phi) is 2.22. The van der Waals surface area contributed by atoms with Crippen LogP contribution in [0.5, 0.6) is 0 Å². The van der Waals surface area contributed by atoms with Crippen molar-refractivity contribution < 1.29 is 9.94 Å². The highest BCUT2D eigenvalue weighted by molar-refractivity contribution is 7.22. The Morgan fingerprint density at radius 2 is 2.21 bits per heavy atom. The van der Waals surface area contributed by atoms with Gasteiger partial charge in [0.15, 0.2) is 0 Å². The second kappa shape index (κ2) is 3.39. The topological polar surface area (TPSA) is 86.4 Å². The molecule has 0 amide bonds. The number of rotatable bonds is 3. The first-order valence-corrected chi connectivity index (χ1v) is 4.94. The van der Waals surface area contributed by atoms with E-state index in [1.54, 1.807) is 12.1 Å². The average Bonchev–Trinajstić information content (AvgIpc) is 2.58. The van der Waals surface area contributed by atoms with Crippen molar-refractivity contribution in [2.45, 2.75) is 0 Å². The summed E-state index contributed by atoms with van der Waals surface area (Å²) >= 11 is 1.46. The summed E-state index contributed by atoms with van der Waals surface area (Å²) in [6, 6.07) is 3.60. The molecule has 0 unspecified atom stereocenters. The monoisotopic (exact) mass is 213 g/mol. The smallest absolute Gasteiger partial charge is 0.141 e. The maximum absolute atomic E-state index is 8.63. The largest absolute Gasteiger partial charge is 0.409 e. The van der Waals surface area contributed by atoms with Gasteiger partial charge in [0, 0.05) is 12.1 Å². The molecule has 0 saturated heterocycles. The Morgan fingerprint density at radius 1 is 1.43 bits per heavy atom. The Labute approximate surface area is 84.4 Å². The van der Waals surface area contributed by atoms with Crippen molar-refractivity contribution in [2.75, 3.05) is 24.7 Å². The lowest BCUT2D eigenvalue weighted by molar-refractivity contribution is 0.0867. The van der Waals surface area contributed by atoms with E-state index in [1.807, 2.05) is 0 Å². The van der Waals surface area contributed by atoms with Crippen molar-refractivity contribution in [3.8, 4) is 0 Å². The van der Waals surface area contributed by atoms with Crippen LogP contribution in [-0.2, 0) is 0 Å². The van der Waals surface area contributed by atoms with Gasteiger partial charge in [-0.05, 0) is 0 Å². The Hall–Kier alpha value is -1.40. The van der Waals surface area contributed by atoms with E-state index in [0.717, 1.165) is 15.2 Å². The second-order valence-electron chi connectivity index (χ2n) is 2.82. The highest BCUT2D eigenvalue weighted by Gasteiger charge is 2.09. The maximum Gasteiger partial charge on any atom is 0.141 e. The molecule has 0 spiro atoms. The highest BCUT2D eigenvalue weighted by atomic mass is 32.1. The molecule has 0 radical (unpaired) electrons. The van der Waals surface area contributed by atoms with Gasteiger partial charge in [0.25, 0.3) is 0 Å². The lowest BCUT2D eigenvalue weighted by Gasteiger charge is -2.07. The molecule has 0 bridgehead atoms. The molecular weight excluding hydrogens is 202 g/mol. The van der Waals surface area contributed by atoms with Gasteiger partial charge in [-0.2, -0.15) is 4.73 Å². The van der Waals surface area contributed by atoms with Gasteiger partial charge in [-0.25, -0.2) is 0 Å². The van der Waals surface area contributed by atoms with Gasteiger partial charge in [-0.3, -0.25) is 0 Å². The number of aliphatic hydroxyl groups excluding tert-OH is 1. The molecule has 2 aromatic heterocycles. The minimum Gasteiger partial charge on any atom is -0.409 e. The first-order valence-electron chi connectivity index (χ1n) is 4.12. The molecule has 0 aliphatic rings. The number of nitrogens with two attached hydrogens (primary N) is 2. The van der Waals surface area contributed by atoms with Crippen LogP contribution in [-0.4, -0.2) is 23.1 Å². The van der Waals surface area contributed by atoms with Crippen molar-refractivity contribution in [1.29, 1.82) is 0 Å². The van der Waals surface area contributed by atoms with Gasteiger partial charge >= 0.3 is 0 Å². The van der Waals surface area contributed by atoms with Crippen LogP contribution in [0.2, 0.25) is 0 Å². The minimum atomic E-state index is -0.0429. The number of anilines is 2. The fourth-order valence-electron chi connectivity index (χ4n) is 1.28. The fraction of sp³-hybridized carbons (Fsp3) is 0.250. The molecule has 0 aromatic carbocycles. The summed E-state index contributed by atoms with van der Waals surface area (Å²) in [7, 11) is 0. The zero-order valence-electron chi connectivity index (χ0n) is 7.43. The lowest BCUT2D eigenvalue weighted by atomic mass is 10.5. The summed E-state index contributed by atoms with van der Waals surface area (Å²) in [4.78, 5) is 5.25. The summed E-state index contributed by atoms with van der Waals surface area (Å²) < 4.78 is 2.47. The zero-order chi connectivity index (χ0) is 10.1. The van der Waals surface area contributed by atoms with Crippen LogP contribution in [0.15, 0.2) is 12.1 Å². The number of nitrogens with zero attached hydrogens (tertiary/aromatic N) is 1. The van der Waals surface area contributed by atoms with E-state index in [0.29, 0.717) is 5.82 Å². The van der Waals surface area contributed by atoms with Crippen LogP contribution in [0.1, 0.15) is 0 Å². The van der Waals surface area contributed by atoms with Crippen LogP contribution >= 0.6 is 11.3 Å². The fourth-order valence-corrected chi connectivity index (χ4v) is 2.14. The second-order valence-corrected chi connectivity index (χ2v) is 3.93. The molecule has 2 heterocycles. The summed E-state index contributed by atoms with van der Waals surface area (Å²) in [5, 5.41) is 9.35. The van der Waals surface area contributed by atoms with Crippen LogP contribution in [0.4, 0.5) is 10.8 Å². The number of hydrogen-bond donors (Lipinski definition) is 3. The van der Waals surface area contributed by atoms with Crippen molar-refractivity contribution in [1.82, 2.24) is 4.73 Å². The summed E-state index contributed by atoms with van der Waals surface area (Å²) in [5.41, 5.74) is 12.2. The highest BCUT2D eigenvalue weighted by Crippen LogP contribution is 2.30. The maximum atomic E-state index is 8.63. The number of nitrogen functional groups attached to an aromatic ring is 2. The number of aliphatic hydroxyl groups is 1. The van der Waals surface area contributed by atoms with E-state index in [9.17, 15) is 0 Å². The van der Waals surface area contributed by atoms with Crippen LogP contribution in [0, 0.1) is 0 Å². The van der Waals surface area contributed by atoms with Gasteiger partial charge in [0.2, 0.25) is 0 Å². The van der Waals surface area contributed by atoms with Gasteiger partial charge in [-0.15, -0.1) is 11.3 Å². The predicted octanol–water partition coefficient (Wildman–Crippen LogP) is 0.288. The summed E-state index contributed by atoms with van der Waals surface area (Å²) in [5.74, 6) is 0.514. The van der Waals surface area contributed by atoms with E-state index in [4.69, 9.17) is 21.4 Å². The third kappa shape index (κ3) is 1.38. The average molecular weight is 213 g/mol. The Morgan fingerprint density at radius 3 is 2.93 bits per heavy atom. The molecule has 0 fully saturated rings. The van der Waals surface area contributed by atoms with Crippen molar-refractivity contribution in [3.63, 3.8) is 0 Å². The summed E-state index contributed by atoms with van der Waals surface area (Å²) in [6.07, 6.45) is 0. The first-order chi connectivity index (χ1) is 6.72. The van der Waals surface area contributed by atoms with E-state index >= 15 is 0 Å². The van der Waals surface area contributed by atoms with E-state index < -0.39 is 0 Å².